The van der Waals surface area contributed by atoms with Crippen LogP contribution in [0.15, 0.2) is 72.8 Å². The van der Waals surface area contributed by atoms with Crippen LogP contribution < -0.4 is 4.74 Å². The van der Waals surface area contributed by atoms with E-state index in [4.69, 9.17) is 9.47 Å². The van der Waals surface area contributed by atoms with Gasteiger partial charge in [0.05, 0.1) is 18.1 Å². The van der Waals surface area contributed by atoms with Crippen molar-refractivity contribution in [3.63, 3.8) is 0 Å². The highest BCUT2D eigenvalue weighted by Gasteiger charge is 2.40. The summed E-state index contributed by atoms with van der Waals surface area (Å²) >= 11 is 0. The molecule has 1 fully saturated rings. The molecule has 7 heteroatoms. The summed E-state index contributed by atoms with van der Waals surface area (Å²) in [6.07, 6.45) is 3.23. The molecule has 0 bridgehead atoms. The molecule has 6 nitrogen and oxygen atoms in total. The minimum absolute atomic E-state index is 0.0237. The third kappa shape index (κ3) is 5.99. The third-order valence-corrected chi connectivity index (χ3v) is 8.89. The Morgan fingerprint density at radius 1 is 0.892 bits per heavy atom. The number of benzene rings is 3. The fraction of sp³-hybridized carbons (Fsp3) is 0.367. The van der Waals surface area contributed by atoms with Crippen molar-refractivity contribution in [2.45, 2.75) is 49.7 Å². The molecule has 1 saturated heterocycles. The van der Waals surface area contributed by atoms with E-state index in [-0.39, 0.29) is 23.2 Å². The van der Waals surface area contributed by atoms with Crippen molar-refractivity contribution in [3.8, 4) is 16.9 Å². The molecule has 3 aromatic carbocycles. The number of ether oxygens (including phenoxy) is 2. The lowest BCUT2D eigenvalue weighted by Crippen LogP contribution is -2.51. The monoisotopic (exact) mass is 519 g/mol. The van der Waals surface area contributed by atoms with Crippen molar-refractivity contribution in [2.75, 3.05) is 19.7 Å². The Morgan fingerprint density at radius 3 is 2.22 bits per heavy atom. The Labute approximate surface area is 219 Å². The van der Waals surface area contributed by atoms with Gasteiger partial charge >= 0.3 is 6.09 Å². The van der Waals surface area contributed by atoms with Gasteiger partial charge in [0, 0.05) is 25.9 Å². The zero-order chi connectivity index (χ0) is 25.9. The van der Waals surface area contributed by atoms with Gasteiger partial charge in [-0.3, -0.25) is 0 Å². The normalized spacial score (nSPS) is 16.6. The van der Waals surface area contributed by atoms with Crippen molar-refractivity contribution < 1.29 is 22.7 Å². The third-order valence-electron chi connectivity index (χ3n) is 7.34. The largest absolute Gasteiger partial charge is 0.487 e. The smallest absolute Gasteiger partial charge is 0.409 e. The van der Waals surface area contributed by atoms with Crippen molar-refractivity contribution in [2.24, 2.45) is 0 Å². The maximum absolute atomic E-state index is 12.7. The molecule has 1 spiro atoms. The molecule has 0 aliphatic carbocycles. The van der Waals surface area contributed by atoms with E-state index in [1.807, 2.05) is 67.6 Å². The van der Waals surface area contributed by atoms with E-state index >= 15 is 0 Å². The first kappa shape index (κ1) is 25.3. The van der Waals surface area contributed by atoms with E-state index in [0.717, 1.165) is 53.7 Å². The molecule has 2 aliphatic rings. The van der Waals surface area contributed by atoms with Gasteiger partial charge in [0.15, 0.2) is 9.84 Å². The average molecular weight is 520 g/mol. The quantitative estimate of drug-likeness (QED) is 0.413. The summed E-state index contributed by atoms with van der Waals surface area (Å²) in [5.74, 6) is 0.988. The molecule has 194 valence electrons. The summed E-state index contributed by atoms with van der Waals surface area (Å²) in [4.78, 5) is 13.8. The first-order chi connectivity index (χ1) is 17.8. The van der Waals surface area contributed by atoms with E-state index < -0.39 is 9.84 Å². The number of aryl methyl sites for hydroxylation is 1. The molecule has 2 aliphatic heterocycles. The van der Waals surface area contributed by atoms with E-state index in [1.54, 1.807) is 4.90 Å². The fourth-order valence-corrected chi connectivity index (χ4v) is 6.79. The highest BCUT2D eigenvalue weighted by Crippen LogP contribution is 2.41. The van der Waals surface area contributed by atoms with E-state index in [0.29, 0.717) is 19.7 Å². The molecule has 0 radical (unpaired) electrons. The lowest BCUT2D eigenvalue weighted by Gasteiger charge is -2.44. The van der Waals surface area contributed by atoms with Gasteiger partial charge in [-0.15, -0.1) is 0 Å². The molecule has 2 heterocycles. The summed E-state index contributed by atoms with van der Waals surface area (Å²) in [5, 5.41) is 0. The minimum Gasteiger partial charge on any atom is -0.487 e. The number of nitrogens with zero attached hydrogens (tertiary/aromatic N) is 1. The summed E-state index contributed by atoms with van der Waals surface area (Å²) in [7, 11) is -3.25. The number of hydrogen-bond acceptors (Lipinski definition) is 5. The zero-order valence-corrected chi connectivity index (χ0v) is 22.0. The molecule has 5 rings (SSSR count). The average Bonchev–Trinajstić information content (AvgIpc) is 2.89. The highest BCUT2D eigenvalue weighted by atomic mass is 32.2. The molecule has 37 heavy (non-hydrogen) atoms. The van der Waals surface area contributed by atoms with Crippen molar-refractivity contribution in [3.05, 3.63) is 89.5 Å². The Morgan fingerprint density at radius 2 is 1.54 bits per heavy atom. The van der Waals surface area contributed by atoms with Crippen LogP contribution in [0.25, 0.3) is 11.1 Å². The first-order valence-electron chi connectivity index (χ1n) is 12.9. The van der Waals surface area contributed by atoms with Crippen LogP contribution >= 0.6 is 0 Å². The van der Waals surface area contributed by atoms with Crippen LogP contribution in [0.1, 0.15) is 42.9 Å². The fourth-order valence-electron chi connectivity index (χ4n) is 5.29. The molecular weight excluding hydrogens is 486 g/mol. The van der Waals surface area contributed by atoms with Crippen LogP contribution in [-0.2, 0) is 32.5 Å². The second-order valence-corrected chi connectivity index (χ2v) is 12.1. The van der Waals surface area contributed by atoms with Gasteiger partial charge in [-0.25, -0.2) is 13.2 Å². The topological polar surface area (TPSA) is 72.9 Å². The van der Waals surface area contributed by atoms with Gasteiger partial charge in [0.1, 0.15) is 11.4 Å². The number of sulfone groups is 1. The van der Waals surface area contributed by atoms with Gasteiger partial charge in [-0.1, -0.05) is 60.7 Å². The maximum Gasteiger partial charge on any atom is 0.409 e. The van der Waals surface area contributed by atoms with Gasteiger partial charge < -0.3 is 14.4 Å². The highest BCUT2D eigenvalue weighted by molar-refractivity contribution is 7.89. The van der Waals surface area contributed by atoms with Crippen molar-refractivity contribution in [1.82, 2.24) is 4.90 Å². The zero-order valence-electron chi connectivity index (χ0n) is 21.2. The number of amides is 1. The van der Waals surface area contributed by atoms with E-state index in [2.05, 4.69) is 12.1 Å². The predicted molar refractivity (Wildman–Crippen MR) is 144 cm³/mol. The first-order valence-corrected chi connectivity index (χ1v) is 14.7. The molecule has 0 saturated carbocycles. The Hall–Kier alpha value is -3.32. The van der Waals surface area contributed by atoms with Crippen LogP contribution in [-0.4, -0.2) is 44.7 Å². The summed E-state index contributed by atoms with van der Waals surface area (Å²) in [5.41, 5.74) is 4.71. The number of rotatable bonds is 6. The SMILES string of the molecule is CCOC(=O)N1CCC2(CCc3cc(-c4ccc(CS(=O)(=O)Cc5ccccc5)cc4)ccc3O2)CC1. The van der Waals surface area contributed by atoms with Gasteiger partial charge in [0.25, 0.3) is 0 Å². The van der Waals surface area contributed by atoms with Crippen molar-refractivity contribution >= 4 is 15.9 Å². The summed E-state index contributed by atoms with van der Waals surface area (Å²) < 4.78 is 37.0. The minimum atomic E-state index is -3.25. The van der Waals surface area contributed by atoms with Crippen LogP contribution in [0, 0.1) is 0 Å². The second kappa shape index (κ2) is 10.6. The van der Waals surface area contributed by atoms with Gasteiger partial charge in [-0.05, 0) is 59.7 Å². The second-order valence-electron chi connectivity index (χ2n) is 10.0. The van der Waals surface area contributed by atoms with Gasteiger partial charge in [-0.2, -0.15) is 0 Å². The standard InChI is InChI=1S/C30H33NO5S/c1-2-35-29(32)31-18-16-30(17-19-31)15-14-27-20-26(12-13-28(27)36-30)25-10-8-24(9-11-25)22-37(33,34)21-23-6-4-3-5-7-23/h3-13,20H,2,14-19,21-22H2,1H3. The Kier molecular flexibility index (Phi) is 7.24. The number of piperidine rings is 1. The van der Waals surface area contributed by atoms with Crippen LogP contribution in [0.4, 0.5) is 4.79 Å². The molecule has 1 amide bonds. The lowest BCUT2D eigenvalue weighted by molar-refractivity contribution is -0.0138. The molecule has 0 unspecified atom stereocenters. The summed E-state index contributed by atoms with van der Waals surface area (Å²) in [6, 6.07) is 23.4. The molecule has 0 aromatic heterocycles. The maximum atomic E-state index is 12.7. The van der Waals surface area contributed by atoms with Crippen LogP contribution in [0.2, 0.25) is 0 Å². The number of fused-ring (bicyclic) bond motifs is 1. The number of hydrogen-bond donors (Lipinski definition) is 0. The van der Waals surface area contributed by atoms with E-state index in [9.17, 15) is 13.2 Å². The summed E-state index contributed by atoms with van der Waals surface area (Å²) in [6.45, 7) is 3.52. The molecule has 3 aromatic rings. The van der Waals surface area contributed by atoms with Crippen molar-refractivity contribution in [1.29, 1.82) is 0 Å². The predicted octanol–water partition coefficient (Wildman–Crippen LogP) is 5.78. The Bertz CT molecular complexity index is 1340. The van der Waals surface area contributed by atoms with Gasteiger partial charge in [0.2, 0.25) is 0 Å². The lowest BCUT2D eigenvalue weighted by atomic mass is 9.82. The molecular formula is C30H33NO5S. The Balaban J connectivity index is 1.22. The number of carbonyl (C=O) groups excluding carboxylic acids is 1. The van der Waals surface area contributed by atoms with Crippen LogP contribution in [0.3, 0.4) is 0 Å². The van der Waals surface area contributed by atoms with Crippen LogP contribution in [0.5, 0.6) is 5.75 Å². The molecule has 0 N–H and O–H groups in total. The number of likely N-dealkylation sites (tertiary alicyclic amines) is 1. The van der Waals surface area contributed by atoms with E-state index in [1.165, 1.54) is 5.56 Å². The number of carbonyl (C=O) groups is 1. The molecule has 0 atom stereocenters.